The molecule has 1 aromatic heterocycles. The number of fused-ring (bicyclic) bond motifs is 2. The van der Waals surface area contributed by atoms with E-state index in [1.807, 2.05) is 0 Å². The van der Waals surface area contributed by atoms with Gasteiger partial charge in [0.2, 0.25) is 5.95 Å². The number of hydrogen-bond acceptors (Lipinski definition) is 6. The number of nitrogens with two attached hydrogens (primary N) is 1. The summed E-state index contributed by atoms with van der Waals surface area (Å²) in [6.07, 6.45) is 4.99. The van der Waals surface area contributed by atoms with Crippen molar-refractivity contribution in [3.05, 3.63) is 52.8 Å². The van der Waals surface area contributed by atoms with Crippen molar-refractivity contribution in [2.45, 2.75) is 44.7 Å². The van der Waals surface area contributed by atoms with Crippen LogP contribution in [0.15, 0.2) is 35.6 Å². The van der Waals surface area contributed by atoms with Gasteiger partial charge < -0.3 is 15.0 Å². The second-order valence-electron chi connectivity index (χ2n) is 7.65. The van der Waals surface area contributed by atoms with Crippen molar-refractivity contribution in [2.75, 3.05) is 18.5 Å². The number of benzene rings is 1. The molecule has 0 saturated carbocycles. The second-order valence-corrected chi connectivity index (χ2v) is 7.65. The molecule has 2 heterocycles. The number of rotatable bonds is 6. The summed E-state index contributed by atoms with van der Waals surface area (Å²) in [5, 5.41) is 14.1. The van der Waals surface area contributed by atoms with Crippen molar-refractivity contribution in [3.8, 4) is 0 Å². The zero-order chi connectivity index (χ0) is 20.9. The van der Waals surface area contributed by atoms with Gasteiger partial charge in [-0.05, 0) is 30.4 Å². The first-order chi connectivity index (χ1) is 14.6. The molecule has 9 nitrogen and oxygen atoms in total. The zero-order valence-electron chi connectivity index (χ0n) is 16.8. The molecule has 156 valence electrons. The molecule has 0 radical (unpaired) electrons. The molecule has 30 heavy (non-hydrogen) atoms. The molecule has 9 heteroatoms. The van der Waals surface area contributed by atoms with Gasteiger partial charge in [-0.25, -0.2) is 14.8 Å². The Kier molecular flexibility index (Phi) is 5.97. The molecule has 0 unspecified atom stereocenters. The Morgan fingerprint density at radius 2 is 2.07 bits per heavy atom. The summed E-state index contributed by atoms with van der Waals surface area (Å²) in [5.41, 5.74) is 9.71. The van der Waals surface area contributed by atoms with Crippen LogP contribution in [0.25, 0.3) is 0 Å². The first kappa shape index (κ1) is 19.9. The minimum atomic E-state index is -0.359. The van der Waals surface area contributed by atoms with Crippen LogP contribution in [-0.2, 0) is 30.5 Å². The number of carbonyl (C=O) groups excluding carboxylic acids is 1. The van der Waals surface area contributed by atoms with Crippen LogP contribution in [0.5, 0.6) is 0 Å². The van der Waals surface area contributed by atoms with Crippen LogP contribution in [-0.4, -0.2) is 46.0 Å². The highest BCUT2D eigenvalue weighted by molar-refractivity contribution is 5.78. The van der Waals surface area contributed by atoms with Gasteiger partial charge in [0.1, 0.15) is 0 Å². The largest absolute Gasteiger partial charge is 0.449 e. The molecule has 0 atom stereocenters. The Morgan fingerprint density at radius 3 is 2.80 bits per heavy atom. The van der Waals surface area contributed by atoms with Crippen LogP contribution >= 0.6 is 0 Å². The third-order valence-electron chi connectivity index (χ3n) is 5.52. The number of anilines is 1. The number of hydrogen-bond donors (Lipinski definition) is 3. The van der Waals surface area contributed by atoms with Crippen LogP contribution in [0.1, 0.15) is 35.2 Å². The third kappa shape index (κ3) is 4.61. The van der Waals surface area contributed by atoms with E-state index in [0.717, 1.165) is 24.1 Å². The van der Waals surface area contributed by atoms with Crippen molar-refractivity contribution in [1.29, 1.82) is 5.41 Å². The Morgan fingerprint density at radius 1 is 1.30 bits per heavy atom. The number of amidine groups is 1. The van der Waals surface area contributed by atoms with Crippen molar-refractivity contribution in [1.82, 2.24) is 14.9 Å². The van der Waals surface area contributed by atoms with Crippen LogP contribution < -0.4 is 10.8 Å². The summed E-state index contributed by atoms with van der Waals surface area (Å²) < 4.78 is 5.29. The number of aromatic nitrogens is 2. The molecule has 0 saturated heterocycles. The minimum absolute atomic E-state index is 0.0981. The van der Waals surface area contributed by atoms with E-state index in [1.165, 1.54) is 11.1 Å². The lowest BCUT2D eigenvalue weighted by atomic mass is 10.1. The maximum atomic E-state index is 12.3. The molecule has 4 N–H and O–H groups in total. The van der Waals surface area contributed by atoms with E-state index < -0.39 is 0 Å². The van der Waals surface area contributed by atoms with Gasteiger partial charge in [-0.15, -0.1) is 0 Å². The molecule has 2 aliphatic rings. The lowest BCUT2D eigenvalue weighted by molar-refractivity contribution is -0.207. The van der Waals surface area contributed by atoms with Crippen LogP contribution in [0, 0.1) is 5.41 Å². The Bertz CT molecular complexity index is 937. The first-order valence-corrected chi connectivity index (χ1v) is 10.2. The monoisotopic (exact) mass is 408 g/mol. The van der Waals surface area contributed by atoms with E-state index in [1.54, 1.807) is 11.1 Å². The minimum Gasteiger partial charge on any atom is -0.449 e. The standard InChI is InChI=1S/C21H25N7O2/c22-19(27-23)6-3-9-30-21(29)28-8-7-18-16(13-28)12-24-20(26-18)25-17-10-14-4-1-2-5-15(14)11-17/h1-2,4-5,12,17,22-23H,3,6-11,13H2,(H,24,25,26)/p+1. The molecule has 4 rings (SSSR count). The molecule has 0 fully saturated rings. The van der Waals surface area contributed by atoms with Gasteiger partial charge in [0.25, 0.3) is 0 Å². The fourth-order valence-corrected chi connectivity index (χ4v) is 3.94. The SMILES string of the molecule is N=C(CCCOC(=O)N1CCc2nc(NC3Cc4ccccc4C3)ncc2C1)N=[NH2+]. The van der Waals surface area contributed by atoms with Crippen molar-refractivity contribution < 1.29 is 15.1 Å². The average molecular weight is 408 g/mol. The smallest absolute Gasteiger partial charge is 0.410 e. The van der Waals surface area contributed by atoms with E-state index in [0.29, 0.717) is 44.3 Å². The average Bonchev–Trinajstić information content (AvgIpc) is 3.18. The predicted molar refractivity (Wildman–Crippen MR) is 110 cm³/mol. The van der Waals surface area contributed by atoms with Crippen molar-refractivity contribution >= 4 is 17.9 Å². The van der Waals surface area contributed by atoms with Gasteiger partial charge in [0, 0.05) is 42.3 Å². The van der Waals surface area contributed by atoms with Crippen LogP contribution in [0.3, 0.4) is 0 Å². The molecule has 0 spiro atoms. The maximum absolute atomic E-state index is 12.3. The van der Waals surface area contributed by atoms with Gasteiger partial charge in [-0.1, -0.05) is 24.3 Å². The maximum Gasteiger partial charge on any atom is 0.410 e. The molecule has 0 bridgehead atoms. The van der Waals surface area contributed by atoms with Crippen LogP contribution in [0.2, 0.25) is 0 Å². The summed E-state index contributed by atoms with van der Waals surface area (Å²) in [6.45, 7) is 1.24. The number of amides is 1. The van der Waals surface area contributed by atoms with Crippen LogP contribution in [0.4, 0.5) is 10.7 Å². The Hall–Kier alpha value is -3.36. The summed E-state index contributed by atoms with van der Waals surface area (Å²) in [5.74, 6) is 0.747. The van der Waals surface area contributed by atoms with Gasteiger partial charge in [0.15, 0.2) is 5.84 Å². The molecule has 2 aromatic rings. The molecular formula is C21H26N7O2+. The first-order valence-electron chi connectivity index (χ1n) is 10.2. The molecular weight excluding hydrogens is 382 g/mol. The molecule has 1 aliphatic heterocycles. The topological polar surface area (TPSA) is 129 Å². The highest BCUT2D eigenvalue weighted by Gasteiger charge is 2.25. The fourth-order valence-electron chi connectivity index (χ4n) is 3.94. The van der Waals surface area contributed by atoms with E-state index in [4.69, 9.17) is 20.7 Å². The predicted octanol–water partition coefficient (Wildman–Crippen LogP) is 1.52. The molecule has 1 amide bonds. The van der Waals surface area contributed by atoms with Crippen molar-refractivity contribution in [2.24, 2.45) is 5.11 Å². The summed E-state index contributed by atoms with van der Waals surface area (Å²) in [4.78, 5) is 23.1. The van der Waals surface area contributed by atoms with Gasteiger partial charge >= 0.3 is 6.09 Å². The summed E-state index contributed by atoms with van der Waals surface area (Å²) in [6, 6.07) is 8.82. The highest BCUT2D eigenvalue weighted by Crippen LogP contribution is 2.24. The van der Waals surface area contributed by atoms with E-state index in [9.17, 15) is 4.79 Å². The van der Waals surface area contributed by atoms with Gasteiger partial charge in [-0.3, -0.25) is 5.41 Å². The second kappa shape index (κ2) is 8.98. The number of nitrogens with one attached hydrogen (secondary N) is 2. The fraction of sp³-hybridized carbons (Fsp3) is 0.429. The third-order valence-corrected chi connectivity index (χ3v) is 5.52. The quantitative estimate of drug-likeness (QED) is 0.289. The molecule has 1 aromatic carbocycles. The number of carbonyl (C=O) groups is 1. The van der Waals surface area contributed by atoms with Crippen molar-refractivity contribution in [3.63, 3.8) is 0 Å². The van der Waals surface area contributed by atoms with E-state index >= 15 is 0 Å². The zero-order valence-corrected chi connectivity index (χ0v) is 16.8. The van der Waals surface area contributed by atoms with Gasteiger partial charge in [0.05, 0.1) is 18.8 Å². The highest BCUT2D eigenvalue weighted by atomic mass is 16.6. The van der Waals surface area contributed by atoms with E-state index in [2.05, 4.69) is 39.7 Å². The lowest BCUT2D eigenvalue weighted by Crippen LogP contribution is -2.37. The molecule has 1 aliphatic carbocycles. The number of nitrogens with zero attached hydrogens (tertiary/aromatic N) is 4. The number of ether oxygens (including phenoxy) is 1. The summed E-state index contributed by atoms with van der Waals surface area (Å²) in [7, 11) is 0. The lowest BCUT2D eigenvalue weighted by Gasteiger charge is -2.27. The Balaban J connectivity index is 1.29. The normalized spacial score (nSPS) is 15.3. The summed E-state index contributed by atoms with van der Waals surface area (Å²) >= 11 is 0. The van der Waals surface area contributed by atoms with Gasteiger partial charge in [-0.2, -0.15) is 5.53 Å². The van der Waals surface area contributed by atoms with E-state index in [-0.39, 0.29) is 18.5 Å². The Labute approximate surface area is 174 Å².